The number of halogens is 2. The molecule has 0 aliphatic rings. The third kappa shape index (κ3) is 4.01. The van der Waals surface area contributed by atoms with Crippen LogP contribution in [0.1, 0.15) is 22.8 Å². The van der Waals surface area contributed by atoms with Gasteiger partial charge >= 0.3 is 5.97 Å². The quantitative estimate of drug-likeness (QED) is 0.832. The Bertz CT molecular complexity index is 649. The Balaban J connectivity index is 2.16. The van der Waals surface area contributed by atoms with Gasteiger partial charge in [-0.05, 0) is 37.3 Å². The van der Waals surface area contributed by atoms with Gasteiger partial charge < -0.3 is 10.1 Å². The van der Waals surface area contributed by atoms with E-state index in [-0.39, 0.29) is 19.0 Å². The first-order valence-corrected chi connectivity index (χ1v) is 7.21. The Hall–Kier alpha value is -1.95. The molecule has 6 heteroatoms. The minimum absolute atomic E-state index is 0.217. The van der Waals surface area contributed by atoms with E-state index < -0.39 is 5.97 Å². The summed E-state index contributed by atoms with van der Waals surface area (Å²) >= 11 is 3.30. The molecule has 21 heavy (non-hydrogen) atoms. The predicted molar refractivity (Wildman–Crippen MR) is 81.6 cm³/mol. The molecule has 1 heterocycles. The van der Waals surface area contributed by atoms with E-state index in [9.17, 15) is 9.18 Å². The number of ether oxygens (including phenoxy) is 1. The minimum Gasteiger partial charge on any atom is -0.462 e. The van der Waals surface area contributed by atoms with Crippen LogP contribution in [0.4, 0.5) is 10.2 Å². The van der Waals surface area contributed by atoms with Crippen LogP contribution in [0.5, 0.6) is 0 Å². The summed E-state index contributed by atoms with van der Waals surface area (Å²) in [5.41, 5.74) is 0.805. The van der Waals surface area contributed by atoms with E-state index in [1.54, 1.807) is 37.4 Å². The SMILES string of the molecule is CCOC(=O)c1cccnc1NCc1cc(Br)ccc1F. The molecule has 0 bridgehead atoms. The number of nitrogens with zero attached hydrogens (tertiary/aromatic N) is 1. The molecule has 1 N–H and O–H groups in total. The normalized spacial score (nSPS) is 10.2. The van der Waals surface area contributed by atoms with Gasteiger partial charge in [-0.15, -0.1) is 0 Å². The van der Waals surface area contributed by atoms with Crippen molar-refractivity contribution in [2.24, 2.45) is 0 Å². The highest BCUT2D eigenvalue weighted by molar-refractivity contribution is 9.10. The van der Waals surface area contributed by atoms with Crippen molar-refractivity contribution in [3.63, 3.8) is 0 Å². The number of nitrogens with one attached hydrogen (secondary N) is 1. The number of carbonyl (C=O) groups excluding carboxylic acids is 1. The van der Waals surface area contributed by atoms with Gasteiger partial charge in [0.05, 0.1) is 6.61 Å². The van der Waals surface area contributed by atoms with Crippen LogP contribution in [0.2, 0.25) is 0 Å². The standard InChI is InChI=1S/C15H14BrFN2O2/c1-2-21-15(20)12-4-3-7-18-14(12)19-9-10-8-11(16)5-6-13(10)17/h3-8H,2,9H2,1H3,(H,18,19). The molecule has 0 saturated carbocycles. The molecule has 110 valence electrons. The van der Waals surface area contributed by atoms with E-state index in [1.807, 2.05) is 0 Å². The van der Waals surface area contributed by atoms with Crippen molar-refractivity contribution in [1.29, 1.82) is 0 Å². The molecule has 0 aliphatic carbocycles. The number of rotatable bonds is 5. The lowest BCUT2D eigenvalue weighted by Gasteiger charge is -2.11. The monoisotopic (exact) mass is 352 g/mol. The molecular formula is C15H14BrFN2O2. The van der Waals surface area contributed by atoms with Crippen LogP contribution in [-0.2, 0) is 11.3 Å². The fourth-order valence-corrected chi connectivity index (χ4v) is 2.19. The van der Waals surface area contributed by atoms with Crippen LogP contribution in [0, 0.1) is 5.82 Å². The smallest absolute Gasteiger partial charge is 0.341 e. The number of benzene rings is 1. The first-order chi connectivity index (χ1) is 10.1. The molecule has 4 nitrogen and oxygen atoms in total. The number of pyridine rings is 1. The predicted octanol–water partition coefficient (Wildman–Crippen LogP) is 3.77. The maximum absolute atomic E-state index is 13.7. The molecular weight excluding hydrogens is 339 g/mol. The van der Waals surface area contributed by atoms with Crippen molar-refractivity contribution in [3.8, 4) is 0 Å². The van der Waals surface area contributed by atoms with Gasteiger partial charge in [0.1, 0.15) is 17.2 Å². The van der Waals surface area contributed by atoms with Crippen LogP contribution in [0.25, 0.3) is 0 Å². The van der Waals surface area contributed by atoms with E-state index in [4.69, 9.17) is 4.74 Å². The van der Waals surface area contributed by atoms with Gasteiger partial charge in [-0.3, -0.25) is 0 Å². The highest BCUT2D eigenvalue weighted by Crippen LogP contribution is 2.18. The van der Waals surface area contributed by atoms with E-state index in [2.05, 4.69) is 26.2 Å². The molecule has 0 aliphatic heterocycles. The number of anilines is 1. The summed E-state index contributed by atoms with van der Waals surface area (Å²) < 4.78 is 19.4. The molecule has 0 fully saturated rings. The summed E-state index contributed by atoms with van der Waals surface area (Å²) in [7, 11) is 0. The van der Waals surface area contributed by atoms with Crippen molar-refractivity contribution in [3.05, 3.63) is 57.9 Å². The Kier molecular flexibility index (Phi) is 5.27. The van der Waals surface area contributed by atoms with Crippen molar-refractivity contribution < 1.29 is 13.9 Å². The van der Waals surface area contributed by atoms with Gasteiger partial charge in [-0.1, -0.05) is 15.9 Å². The minimum atomic E-state index is -0.456. The van der Waals surface area contributed by atoms with E-state index in [1.165, 1.54) is 6.07 Å². The van der Waals surface area contributed by atoms with E-state index in [0.29, 0.717) is 16.9 Å². The van der Waals surface area contributed by atoms with Gasteiger partial charge in [0.2, 0.25) is 0 Å². The third-order valence-electron chi connectivity index (χ3n) is 2.76. The first-order valence-electron chi connectivity index (χ1n) is 6.41. The maximum atomic E-state index is 13.7. The van der Waals surface area contributed by atoms with Gasteiger partial charge in [0.25, 0.3) is 0 Å². The van der Waals surface area contributed by atoms with Crippen molar-refractivity contribution >= 4 is 27.7 Å². The van der Waals surface area contributed by atoms with E-state index >= 15 is 0 Å². The number of carbonyl (C=O) groups is 1. The molecule has 0 spiro atoms. The van der Waals surface area contributed by atoms with Gasteiger partial charge in [-0.25, -0.2) is 14.2 Å². The molecule has 0 saturated heterocycles. The lowest BCUT2D eigenvalue weighted by molar-refractivity contribution is 0.0527. The van der Waals surface area contributed by atoms with Gasteiger partial charge in [0, 0.05) is 22.8 Å². The fraction of sp³-hybridized carbons (Fsp3) is 0.200. The lowest BCUT2D eigenvalue weighted by atomic mass is 10.2. The van der Waals surface area contributed by atoms with Crippen LogP contribution < -0.4 is 5.32 Å². The third-order valence-corrected chi connectivity index (χ3v) is 3.25. The molecule has 0 atom stereocenters. The summed E-state index contributed by atoms with van der Waals surface area (Å²) in [6, 6.07) is 7.95. The molecule has 0 amide bonds. The Morgan fingerprint density at radius 1 is 1.43 bits per heavy atom. The van der Waals surface area contributed by atoms with Crippen molar-refractivity contribution in [1.82, 2.24) is 4.98 Å². The summed E-state index contributed by atoms with van der Waals surface area (Å²) in [5.74, 6) is -0.405. The van der Waals surface area contributed by atoms with Gasteiger partial charge in [0.15, 0.2) is 0 Å². The number of aromatic nitrogens is 1. The second-order valence-corrected chi connectivity index (χ2v) is 5.12. The van der Waals surface area contributed by atoms with Crippen LogP contribution in [0.15, 0.2) is 41.0 Å². The zero-order valence-electron chi connectivity index (χ0n) is 11.4. The fourth-order valence-electron chi connectivity index (χ4n) is 1.78. The van der Waals surface area contributed by atoms with Crippen molar-refractivity contribution in [2.45, 2.75) is 13.5 Å². The van der Waals surface area contributed by atoms with E-state index in [0.717, 1.165) is 4.47 Å². The molecule has 2 rings (SSSR count). The largest absolute Gasteiger partial charge is 0.462 e. The number of hydrogen-bond donors (Lipinski definition) is 1. The summed E-state index contributed by atoms with van der Waals surface area (Å²) in [4.78, 5) is 15.9. The summed E-state index contributed by atoms with van der Waals surface area (Å²) in [6.45, 7) is 2.24. The van der Waals surface area contributed by atoms with Gasteiger partial charge in [-0.2, -0.15) is 0 Å². The van der Waals surface area contributed by atoms with Crippen LogP contribution in [-0.4, -0.2) is 17.6 Å². The van der Waals surface area contributed by atoms with Crippen molar-refractivity contribution in [2.75, 3.05) is 11.9 Å². The molecule has 2 aromatic rings. The van der Waals surface area contributed by atoms with Crippen LogP contribution >= 0.6 is 15.9 Å². The first kappa shape index (κ1) is 15.4. The highest BCUT2D eigenvalue weighted by atomic mass is 79.9. The molecule has 0 radical (unpaired) electrons. The molecule has 1 aromatic heterocycles. The Morgan fingerprint density at radius 2 is 2.24 bits per heavy atom. The molecule has 1 aromatic carbocycles. The summed E-state index contributed by atoms with van der Waals surface area (Å²) in [6.07, 6.45) is 1.56. The number of hydrogen-bond acceptors (Lipinski definition) is 4. The zero-order chi connectivity index (χ0) is 15.2. The topological polar surface area (TPSA) is 51.2 Å². The average molecular weight is 353 g/mol. The second-order valence-electron chi connectivity index (χ2n) is 4.21. The van der Waals surface area contributed by atoms with Crippen LogP contribution in [0.3, 0.4) is 0 Å². The lowest BCUT2D eigenvalue weighted by Crippen LogP contribution is -2.11. The zero-order valence-corrected chi connectivity index (χ0v) is 13.0. The second kappa shape index (κ2) is 7.17. The summed E-state index contributed by atoms with van der Waals surface area (Å²) in [5, 5.41) is 2.96. The number of esters is 1. The Labute approximate surface area is 130 Å². The molecule has 0 unspecified atom stereocenters. The highest BCUT2D eigenvalue weighted by Gasteiger charge is 2.13. The maximum Gasteiger partial charge on any atom is 0.341 e. The Morgan fingerprint density at radius 3 is 3.00 bits per heavy atom. The average Bonchev–Trinajstić information content (AvgIpc) is 2.49.